The standard InChI is InChI=1S/C22H25NO3/c1-17-4-2-3-5-20(17)21(24)19-8-6-18(7-9-19)16-23-12-10-22(11-13-23)25-14-15-26-22/h2-9H,10-16H2,1H3. The van der Waals surface area contributed by atoms with E-state index in [-0.39, 0.29) is 11.6 Å². The van der Waals surface area contributed by atoms with Gasteiger partial charge in [0.25, 0.3) is 0 Å². The van der Waals surface area contributed by atoms with E-state index in [4.69, 9.17) is 9.47 Å². The zero-order chi connectivity index (χ0) is 18.0. The largest absolute Gasteiger partial charge is 0.347 e. The van der Waals surface area contributed by atoms with Crippen LogP contribution in [-0.2, 0) is 16.0 Å². The highest BCUT2D eigenvalue weighted by Gasteiger charge is 2.39. The van der Waals surface area contributed by atoms with E-state index in [9.17, 15) is 4.79 Å². The normalized spacial score (nSPS) is 19.7. The second kappa shape index (κ2) is 7.31. The van der Waals surface area contributed by atoms with Gasteiger partial charge in [-0.3, -0.25) is 9.69 Å². The third-order valence-corrected chi connectivity index (χ3v) is 5.44. The lowest BCUT2D eigenvalue weighted by molar-refractivity contribution is -0.185. The Morgan fingerprint density at radius 2 is 1.65 bits per heavy atom. The number of carbonyl (C=O) groups is 1. The molecule has 0 bridgehead atoms. The Labute approximate surface area is 154 Å². The SMILES string of the molecule is Cc1ccccc1C(=O)c1ccc(CN2CCC3(CC2)OCCO3)cc1. The third-order valence-electron chi connectivity index (χ3n) is 5.44. The zero-order valence-corrected chi connectivity index (χ0v) is 15.2. The van der Waals surface area contributed by atoms with Crippen LogP contribution in [0.1, 0.15) is 39.9 Å². The molecule has 2 aliphatic rings. The molecule has 0 aromatic heterocycles. The topological polar surface area (TPSA) is 38.8 Å². The predicted molar refractivity (Wildman–Crippen MR) is 100 cm³/mol. The molecule has 26 heavy (non-hydrogen) atoms. The second-order valence-corrected chi connectivity index (χ2v) is 7.22. The van der Waals surface area contributed by atoms with Crippen LogP contribution in [0.3, 0.4) is 0 Å². The minimum Gasteiger partial charge on any atom is -0.347 e. The van der Waals surface area contributed by atoms with Crippen LogP contribution in [0, 0.1) is 6.92 Å². The molecule has 1 spiro atoms. The van der Waals surface area contributed by atoms with Gasteiger partial charge in [0, 0.05) is 43.6 Å². The second-order valence-electron chi connectivity index (χ2n) is 7.22. The number of nitrogens with zero attached hydrogens (tertiary/aromatic N) is 1. The number of hydrogen-bond donors (Lipinski definition) is 0. The molecule has 2 aliphatic heterocycles. The molecule has 136 valence electrons. The van der Waals surface area contributed by atoms with E-state index in [1.54, 1.807) is 0 Å². The maximum absolute atomic E-state index is 12.7. The molecule has 2 aromatic carbocycles. The van der Waals surface area contributed by atoms with Crippen molar-refractivity contribution in [3.05, 3.63) is 70.8 Å². The van der Waals surface area contributed by atoms with Gasteiger partial charge in [0.2, 0.25) is 0 Å². The summed E-state index contributed by atoms with van der Waals surface area (Å²) < 4.78 is 11.6. The summed E-state index contributed by atoms with van der Waals surface area (Å²) in [5.74, 6) is -0.231. The average Bonchev–Trinajstić information content (AvgIpc) is 3.12. The Morgan fingerprint density at radius 1 is 1.00 bits per heavy atom. The Morgan fingerprint density at radius 3 is 2.31 bits per heavy atom. The Bertz CT molecular complexity index is 768. The summed E-state index contributed by atoms with van der Waals surface area (Å²) in [6.45, 7) is 6.26. The van der Waals surface area contributed by atoms with Crippen molar-refractivity contribution < 1.29 is 14.3 Å². The quantitative estimate of drug-likeness (QED) is 0.790. The molecule has 0 atom stereocenters. The van der Waals surface area contributed by atoms with Gasteiger partial charge < -0.3 is 9.47 Å². The highest BCUT2D eigenvalue weighted by Crippen LogP contribution is 2.31. The number of aryl methyl sites for hydroxylation is 1. The van der Waals surface area contributed by atoms with E-state index < -0.39 is 0 Å². The van der Waals surface area contributed by atoms with Gasteiger partial charge in [-0.05, 0) is 18.1 Å². The lowest BCUT2D eigenvalue weighted by Crippen LogP contribution is -2.44. The minimum atomic E-state index is -0.319. The van der Waals surface area contributed by atoms with Crippen LogP contribution in [-0.4, -0.2) is 42.8 Å². The summed E-state index contributed by atoms with van der Waals surface area (Å²) in [5.41, 5.74) is 3.77. The summed E-state index contributed by atoms with van der Waals surface area (Å²) >= 11 is 0. The fourth-order valence-electron chi connectivity index (χ4n) is 3.84. The molecule has 4 nitrogen and oxygen atoms in total. The van der Waals surface area contributed by atoms with Crippen molar-refractivity contribution in [2.45, 2.75) is 32.1 Å². The Kier molecular flexibility index (Phi) is 4.90. The van der Waals surface area contributed by atoms with E-state index in [0.29, 0.717) is 0 Å². The maximum atomic E-state index is 12.7. The Balaban J connectivity index is 1.38. The van der Waals surface area contributed by atoms with Crippen molar-refractivity contribution >= 4 is 5.78 Å². The number of ketones is 1. The van der Waals surface area contributed by atoms with Crippen LogP contribution in [0.5, 0.6) is 0 Å². The van der Waals surface area contributed by atoms with Crippen molar-refractivity contribution in [1.29, 1.82) is 0 Å². The van der Waals surface area contributed by atoms with Gasteiger partial charge in [-0.15, -0.1) is 0 Å². The van der Waals surface area contributed by atoms with Crippen LogP contribution >= 0.6 is 0 Å². The first-order chi connectivity index (χ1) is 12.7. The van der Waals surface area contributed by atoms with Crippen molar-refractivity contribution in [1.82, 2.24) is 4.90 Å². The van der Waals surface area contributed by atoms with E-state index in [2.05, 4.69) is 17.0 Å². The highest BCUT2D eigenvalue weighted by molar-refractivity contribution is 6.09. The first-order valence-electron chi connectivity index (χ1n) is 9.35. The molecule has 2 aromatic rings. The smallest absolute Gasteiger partial charge is 0.193 e. The monoisotopic (exact) mass is 351 g/mol. The molecule has 0 amide bonds. The number of ether oxygens (including phenoxy) is 2. The fraction of sp³-hybridized carbons (Fsp3) is 0.409. The molecule has 0 unspecified atom stereocenters. The van der Waals surface area contributed by atoms with E-state index in [0.717, 1.165) is 62.4 Å². The number of piperidine rings is 1. The van der Waals surface area contributed by atoms with E-state index in [1.807, 2.05) is 43.3 Å². The summed E-state index contributed by atoms with van der Waals surface area (Å²) in [7, 11) is 0. The van der Waals surface area contributed by atoms with Crippen LogP contribution < -0.4 is 0 Å². The zero-order valence-electron chi connectivity index (χ0n) is 15.2. The molecule has 0 N–H and O–H groups in total. The molecule has 4 heteroatoms. The van der Waals surface area contributed by atoms with Gasteiger partial charge in [0.1, 0.15) is 0 Å². The summed E-state index contributed by atoms with van der Waals surface area (Å²) in [6, 6.07) is 15.8. The molecule has 4 rings (SSSR count). The number of carbonyl (C=O) groups excluding carboxylic acids is 1. The van der Waals surface area contributed by atoms with Gasteiger partial charge in [0.05, 0.1) is 13.2 Å². The molecule has 2 heterocycles. The summed E-state index contributed by atoms with van der Waals surface area (Å²) in [5, 5.41) is 0. The van der Waals surface area contributed by atoms with E-state index >= 15 is 0 Å². The lowest BCUT2D eigenvalue weighted by Gasteiger charge is -2.37. The van der Waals surface area contributed by atoms with Gasteiger partial charge in [-0.2, -0.15) is 0 Å². The minimum absolute atomic E-state index is 0.0881. The number of rotatable bonds is 4. The van der Waals surface area contributed by atoms with E-state index in [1.165, 1.54) is 5.56 Å². The van der Waals surface area contributed by atoms with Gasteiger partial charge in [0.15, 0.2) is 11.6 Å². The van der Waals surface area contributed by atoms with Crippen LogP contribution in [0.25, 0.3) is 0 Å². The van der Waals surface area contributed by atoms with Gasteiger partial charge in [-0.25, -0.2) is 0 Å². The average molecular weight is 351 g/mol. The van der Waals surface area contributed by atoms with Crippen LogP contribution in [0.4, 0.5) is 0 Å². The number of benzene rings is 2. The first-order valence-corrected chi connectivity index (χ1v) is 9.35. The Hall–Kier alpha value is -2.01. The molecular formula is C22H25NO3. The van der Waals surface area contributed by atoms with Crippen LogP contribution in [0.15, 0.2) is 48.5 Å². The van der Waals surface area contributed by atoms with Crippen molar-refractivity contribution in [2.24, 2.45) is 0 Å². The lowest BCUT2D eigenvalue weighted by atomic mass is 9.98. The van der Waals surface area contributed by atoms with Crippen molar-refractivity contribution in [3.63, 3.8) is 0 Å². The van der Waals surface area contributed by atoms with Crippen molar-refractivity contribution in [2.75, 3.05) is 26.3 Å². The molecule has 0 radical (unpaired) electrons. The van der Waals surface area contributed by atoms with Gasteiger partial charge >= 0.3 is 0 Å². The maximum Gasteiger partial charge on any atom is 0.193 e. The molecular weight excluding hydrogens is 326 g/mol. The van der Waals surface area contributed by atoms with Crippen molar-refractivity contribution in [3.8, 4) is 0 Å². The third kappa shape index (κ3) is 3.58. The molecule has 0 saturated carbocycles. The first kappa shape index (κ1) is 17.4. The summed E-state index contributed by atoms with van der Waals surface area (Å²) in [4.78, 5) is 15.1. The summed E-state index contributed by atoms with van der Waals surface area (Å²) in [6.07, 6.45) is 1.85. The van der Waals surface area contributed by atoms with Gasteiger partial charge in [-0.1, -0.05) is 48.5 Å². The molecule has 2 fully saturated rings. The number of hydrogen-bond acceptors (Lipinski definition) is 4. The molecule has 0 aliphatic carbocycles. The van der Waals surface area contributed by atoms with Crippen LogP contribution in [0.2, 0.25) is 0 Å². The number of likely N-dealkylation sites (tertiary alicyclic amines) is 1. The predicted octanol–water partition coefficient (Wildman–Crippen LogP) is 3.56. The fourth-order valence-corrected chi connectivity index (χ4v) is 3.84. The highest BCUT2D eigenvalue weighted by atomic mass is 16.7. The molecule has 2 saturated heterocycles.